The van der Waals surface area contributed by atoms with Gasteiger partial charge in [0.2, 0.25) is 5.91 Å². The second-order valence-corrected chi connectivity index (χ2v) is 3.21. The Hall–Kier alpha value is -0.610. The van der Waals surface area contributed by atoms with Gasteiger partial charge in [0, 0.05) is 27.2 Å². The fourth-order valence-electron chi connectivity index (χ4n) is 1.22. The normalized spacial score (nSPS) is 24.7. The van der Waals surface area contributed by atoms with Crippen molar-refractivity contribution in [2.24, 2.45) is 0 Å². The summed E-state index contributed by atoms with van der Waals surface area (Å²) in [7, 11) is 3.53. The Morgan fingerprint density at radius 2 is 2.33 bits per heavy atom. The molecule has 1 saturated heterocycles. The molecule has 1 rings (SSSR count). The summed E-state index contributed by atoms with van der Waals surface area (Å²) in [4.78, 5) is 13.0. The molecule has 4 heteroatoms. The highest BCUT2D eigenvalue weighted by Gasteiger charge is 2.21. The van der Waals surface area contributed by atoms with E-state index in [1.54, 1.807) is 19.0 Å². The summed E-state index contributed by atoms with van der Waals surface area (Å²) < 4.78 is 0. The molecule has 0 spiro atoms. The van der Waals surface area contributed by atoms with Crippen molar-refractivity contribution in [3.8, 4) is 0 Å². The molecule has 1 radical (unpaired) electrons. The molecule has 1 unspecified atom stereocenters. The van der Waals surface area contributed by atoms with Crippen LogP contribution in [0.5, 0.6) is 0 Å². The first-order valence-corrected chi connectivity index (χ1v) is 4.30. The SMILES string of the molecule is CN(C)C(=O)C1CNCCC[N]1. The van der Waals surface area contributed by atoms with Crippen LogP contribution in [0.4, 0.5) is 0 Å². The highest BCUT2D eigenvalue weighted by Crippen LogP contribution is 1.94. The molecule has 0 aromatic rings. The fraction of sp³-hybridized carbons (Fsp3) is 0.875. The van der Waals surface area contributed by atoms with Crippen LogP contribution >= 0.6 is 0 Å². The van der Waals surface area contributed by atoms with Gasteiger partial charge in [-0.05, 0) is 13.0 Å². The van der Waals surface area contributed by atoms with E-state index < -0.39 is 0 Å². The van der Waals surface area contributed by atoms with Crippen molar-refractivity contribution in [3.63, 3.8) is 0 Å². The lowest BCUT2D eigenvalue weighted by Gasteiger charge is -2.18. The van der Waals surface area contributed by atoms with Crippen molar-refractivity contribution in [1.29, 1.82) is 0 Å². The minimum absolute atomic E-state index is 0.101. The number of rotatable bonds is 1. The molecule has 12 heavy (non-hydrogen) atoms. The lowest BCUT2D eigenvalue weighted by atomic mass is 10.2. The topological polar surface area (TPSA) is 46.4 Å². The van der Waals surface area contributed by atoms with Crippen LogP contribution < -0.4 is 10.6 Å². The highest BCUT2D eigenvalue weighted by molar-refractivity contribution is 5.81. The third kappa shape index (κ3) is 2.46. The third-order valence-corrected chi connectivity index (χ3v) is 1.92. The van der Waals surface area contributed by atoms with Gasteiger partial charge in [-0.25, -0.2) is 5.32 Å². The summed E-state index contributed by atoms with van der Waals surface area (Å²) in [5.41, 5.74) is 0. The van der Waals surface area contributed by atoms with Crippen LogP contribution in [0.25, 0.3) is 0 Å². The lowest BCUT2D eigenvalue weighted by molar-refractivity contribution is -0.130. The van der Waals surface area contributed by atoms with Gasteiger partial charge >= 0.3 is 0 Å². The Morgan fingerprint density at radius 1 is 1.58 bits per heavy atom. The molecule has 4 nitrogen and oxygen atoms in total. The number of carbonyl (C=O) groups excluding carboxylic acids is 1. The van der Waals surface area contributed by atoms with Gasteiger partial charge < -0.3 is 10.2 Å². The second-order valence-electron chi connectivity index (χ2n) is 3.21. The van der Waals surface area contributed by atoms with E-state index in [0.717, 1.165) is 19.5 Å². The van der Waals surface area contributed by atoms with Gasteiger partial charge in [0.1, 0.15) is 6.04 Å². The zero-order chi connectivity index (χ0) is 8.97. The first-order valence-electron chi connectivity index (χ1n) is 4.30. The Bertz CT molecular complexity index is 150. The second kappa shape index (κ2) is 4.42. The number of carbonyl (C=O) groups is 1. The van der Waals surface area contributed by atoms with E-state index in [9.17, 15) is 4.79 Å². The number of nitrogens with one attached hydrogen (secondary N) is 1. The Morgan fingerprint density at radius 3 is 3.00 bits per heavy atom. The van der Waals surface area contributed by atoms with E-state index in [-0.39, 0.29) is 11.9 Å². The summed E-state index contributed by atoms with van der Waals surface area (Å²) in [5.74, 6) is 0.101. The van der Waals surface area contributed by atoms with Gasteiger partial charge in [-0.15, -0.1) is 0 Å². The summed E-state index contributed by atoms with van der Waals surface area (Å²) in [6.07, 6.45) is 1.04. The Kier molecular flexibility index (Phi) is 3.49. The molecule has 1 N–H and O–H groups in total. The van der Waals surface area contributed by atoms with Crippen LogP contribution in [-0.4, -0.2) is 50.6 Å². The van der Waals surface area contributed by atoms with Crippen LogP contribution in [0.1, 0.15) is 6.42 Å². The van der Waals surface area contributed by atoms with Crippen LogP contribution in [-0.2, 0) is 4.79 Å². The summed E-state index contributed by atoms with van der Waals surface area (Å²) >= 11 is 0. The summed E-state index contributed by atoms with van der Waals surface area (Å²) in [6.45, 7) is 2.47. The minimum Gasteiger partial charge on any atom is -0.347 e. The van der Waals surface area contributed by atoms with Gasteiger partial charge in [-0.3, -0.25) is 4.79 Å². The van der Waals surface area contributed by atoms with Crippen molar-refractivity contribution in [3.05, 3.63) is 0 Å². The Balaban J connectivity index is 2.43. The predicted molar refractivity (Wildman–Crippen MR) is 47.0 cm³/mol. The number of nitrogens with zero attached hydrogens (tertiary/aromatic N) is 2. The molecule has 0 bridgehead atoms. The standard InChI is InChI=1S/C8H16N3O/c1-11(2)8(12)7-6-9-4-3-5-10-7/h7,9H,3-6H2,1-2H3. The van der Waals surface area contributed by atoms with Gasteiger partial charge in [-0.1, -0.05) is 0 Å². The molecule has 0 aromatic carbocycles. The van der Waals surface area contributed by atoms with Crippen molar-refractivity contribution in [2.45, 2.75) is 12.5 Å². The first kappa shape index (κ1) is 9.48. The average Bonchev–Trinajstić information content (AvgIpc) is 2.30. The van der Waals surface area contributed by atoms with Crippen LogP contribution in [0.3, 0.4) is 0 Å². The average molecular weight is 170 g/mol. The number of amides is 1. The molecule has 1 aliphatic rings. The molecule has 1 aliphatic heterocycles. The molecular formula is C8H16N3O. The smallest absolute Gasteiger partial charge is 0.242 e. The number of hydrogen-bond donors (Lipinski definition) is 1. The third-order valence-electron chi connectivity index (χ3n) is 1.92. The zero-order valence-corrected chi connectivity index (χ0v) is 7.71. The molecular weight excluding hydrogens is 154 g/mol. The maximum atomic E-state index is 11.4. The molecule has 0 aromatic heterocycles. The van der Waals surface area contributed by atoms with Crippen LogP contribution in [0, 0.1) is 0 Å². The van der Waals surface area contributed by atoms with Crippen molar-refractivity contribution < 1.29 is 4.79 Å². The van der Waals surface area contributed by atoms with E-state index in [4.69, 9.17) is 0 Å². The van der Waals surface area contributed by atoms with Gasteiger partial charge in [0.15, 0.2) is 0 Å². The van der Waals surface area contributed by atoms with E-state index in [1.807, 2.05) is 0 Å². The van der Waals surface area contributed by atoms with Crippen molar-refractivity contribution >= 4 is 5.91 Å². The van der Waals surface area contributed by atoms with Gasteiger partial charge in [0.25, 0.3) is 0 Å². The molecule has 69 valence electrons. The molecule has 1 atom stereocenters. The molecule has 0 aliphatic carbocycles. The minimum atomic E-state index is -0.164. The summed E-state index contributed by atoms with van der Waals surface area (Å²) in [5, 5.41) is 7.48. The maximum absolute atomic E-state index is 11.4. The van der Waals surface area contributed by atoms with Gasteiger partial charge in [0.05, 0.1) is 0 Å². The Labute approximate surface area is 73.3 Å². The predicted octanol–water partition coefficient (Wildman–Crippen LogP) is -0.959. The lowest BCUT2D eigenvalue weighted by Crippen LogP contribution is -2.44. The number of hydrogen-bond acceptors (Lipinski definition) is 2. The highest BCUT2D eigenvalue weighted by atomic mass is 16.2. The largest absolute Gasteiger partial charge is 0.347 e. The molecule has 1 heterocycles. The van der Waals surface area contributed by atoms with Crippen molar-refractivity contribution in [1.82, 2.24) is 15.5 Å². The van der Waals surface area contributed by atoms with E-state index in [0.29, 0.717) is 6.54 Å². The summed E-state index contributed by atoms with van der Waals surface area (Å²) in [6, 6.07) is -0.164. The van der Waals surface area contributed by atoms with Crippen LogP contribution in [0.2, 0.25) is 0 Å². The monoisotopic (exact) mass is 170 g/mol. The van der Waals surface area contributed by atoms with E-state index in [1.165, 1.54) is 0 Å². The van der Waals surface area contributed by atoms with Crippen molar-refractivity contribution in [2.75, 3.05) is 33.7 Å². The quantitative estimate of drug-likeness (QED) is 0.551. The van der Waals surface area contributed by atoms with E-state index >= 15 is 0 Å². The van der Waals surface area contributed by atoms with E-state index in [2.05, 4.69) is 10.6 Å². The fourth-order valence-corrected chi connectivity index (χ4v) is 1.22. The molecule has 0 saturated carbocycles. The van der Waals surface area contributed by atoms with Crippen LogP contribution in [0.15, 0.2) is 0 Å². The first-order chi connectivity index (χ1) is 5.72. The molecule has 1 amide bonds. The maximum Gasteiger partial charge on any atom is 0.242 e. The number of likely N-dealkylation sites (N-methyl/N-ethyl adjacent to an activating group) is 1. The zero-order valence-electron chi connectivity index (χ0n) is 7.71. The van der Waals surface area contributed by atoms with Gasteiger partial charge in [-0.2, -0.15) is 0 Å². The molecule has 1 fully saturated rings.